The molecule has 28 heavy (non-hydrogen) atoms. The van der Waals surface area contributed by atoms with Crippen molar-refractivity contribution in [2.45, 2.75) is 19.8 Å². The van der Waals surface area contributed by atoms with Crippen LogP contribution in [0, 0.1) is 0 Å². The van der Waals surface area contributed by atoms with Crippen LogP contribution in [0.2, 0.25) is 0 Å². The lowest BCUT2D eigenvalue weighted by atomic mass is 10.0. The molecule has 3 rings (SSSR count). The van der Waals surface area contributed by atoms with Crippen molar-refractivity contribution >= 4 is 23.2 Å². The number of ether oxygens (including phenoxy) is 4. The number of rotatable bonds is 8. The van der Waals surface area contributed by atoms with Crippen LogP contribution in [0.25, 0.3) is 10.8 Å². The van der Waals surface area contributed by atoms with Crippen LogP contribution in [0.15, 0.2) is 42.6 Å². The van der Waals surface area contributed by atoms with Gasteiger partial charge in [-0.1, -0.05) is 13.0 Å². The molecule has 6 heteroatoms. The molecule has 3 aromatic rings. The van der Waals surface area contributed by atoms with Crippen LogP contribution < -0.4 is 18.9 Å². The average Bonchev–Trinajstić information content (AvgIpc) is 2.71. The van der Waals surface area contributed by atoms with E-state index in [1.165, 1.54) is 0 Å². The van der Waals surface area contributed by atoms with Crippen LogP contribution >= 0.6 is 12.4 Å². The fourth-order valence-corrected chi connectivity index (χ4v) is 3.05. The Kier molecular flexibility index (Phi) is 7.76. The third-order valence-corrected chi connectivity index (χ3v) is 4.41. The van der Waals surface area contributed by atoms with Gasteiger partial charge in [0.05, 0.1) is 33.6 Å². The van der Waals surface area contributed by atoms with E-state index >= 15 is 0 Å². The molecule has 0 aliphatic carbocycles. The number of halogens is 1. The van der Waals surface area contributed by atoms with Crippen LogP contribution in [0.5, 0.6) is 23.0 Å². The Morgan fingerprint density at radius 3 is 2.18 bits per heavy atom. The van der Waals surface area contributed by atoms with Gasteiger partial charge in [-0.15, -0.1) is 12.4 Å². The molecule has 0 bridgehead atoms. The molecule has 0 unspecified atom stereocenters. The second kappa shape index (κ2) is 10.0. The van der Waals surface area contributed by atoms with E-state index < -0.39 is 0 Å². The quantitative estimate of drug-likeness (QED) is 0.526. The Balaban J connectivity index is 0.00000280. The number of fused-ring (bicyclic) bond motifs is 1. The van der Waals surface area contributed by atoms with Crippen LogP contribution in [0.4, 0.5) is 0 Å². The summed E-state index contributed by atoms with van der Waals surface area (Å²) in [6, 6.07) is 11.9. The van der Waals surface area contributed by atoms with Crippen LogP contribution in [0.3, 0.4) is 0 Å². The van der Waals surface area contributed by atoms with Gasteiger partial charge in [0.25, 0.3) is 0 Å². The van der Waals surface area contributed by atoms with E-state index in [-0.39, 0.29) is 12.4 Å². The van der Waals surface area contributed by atoms with Crippen molar-refractivity contribution in [3.05, 3.63) is 53.9 Å². The number of hydrogen-bond donors (Lipinski definition) is 0. The van der Waals surface area contributed by atoms with Gasteiger partial charge in [0.1, 0.15) is 0 Å². The Morgan fingerprint density at radius 2 is 1.50 bits per heavy atom. The molecule has 0 spiro atoms. The minimum atomic E-state index is 0. The highest BCUT2D eigenvalue weighted by molar-refractivity contribution is 5.88. The van der Waals surface area contributed by atoms with E-state index in [1.807, 2.05) is 36.5 Å². The fourth-order valence-electron chi connectivity index (χ4n) is 3.05. The molecule has 0 aliphatic heterocycles. The first kappa shape index (κ1) is 21.6. The van der Waals surface area contributed by atoms with Gasteiger partial charge in [0.15, 0.2) is 23.0 Å². The molecule has 0 saturated carbocycles. The minimum Gasteiger partial charge on any atom is -0.493 e. The van der Waals surface area contributed by atoms with Crippen molar-refractivity contribution in [3.8, 4) is 23.0 Å². The molecule has 0 radical (unpaired) electrons. The lowest BCUT2D eigenvalue weighted by Gasteiger charge is -2.13. The number of methoxy groups -OCH3 is 3. The normalized spacial score (nSPS) is 10.3. The predicted molar refractivity (Wildman–Crippen MR) is 114 cm³/mol. The first-order valence-electron chi connectivity index (χ1n) is 8.99. The highest BCUT2D eigenvalue weighted by Crippen LogP contribution is 2.34. The minimum absolute atomic E-state index is 0. The number of aromatic nitrogens is 1. The smallest absolute Gasteiger partial charge is 0.161 e. The Labute approximate surface area is 172 Å². The third-order valence-electron chi connectivity index (χ3n) is 4.41. The van der Waals surface area contributed by atoms with E-state index in [1.54, 1.807) is 21.3 Å². The third kappa shape index (κ3) is 4.60. The van der Waals surface area contributed by atoms with Crippen molar-refractivity contribution < 1.29 is 18.9 Å². The van der Waals surface area contributed by atoms with Crippen molar-refractivity contribution in [3.63, 3.8) is 0 Å². The maximum Gasteiger partial charge on any atom is 0.161 e. The van der Waals surface area contributed by atoms with E-state index in [4.69, 9.17) is 18.9 Å². The SMILES string of the molecule is CCCOc1ccc(Cc2nccc3cc(OC)c(OC)cc23)cc1OC.Cl. The van der Waals surface area contributed by atoms with Gasteiger partial charge in [-0.25, -0.2) is 0 Å². The largest absolute Gasteiger partial charge is 0.493 e. The van der Waals surface area contributed by atoms with Gasteiger partial charge in [-0.05, 0) is 47.7 Å². The van der Waals surface area contributed by atoms with Crippen molar-refractivity contribution in [2.75, 3.05) is 27.9 Å². The summed E-state index contributed by atoms with van der Waals surface area (Å²) in [7, 11) is 4.94. The highest BCUT2D eigenvalue weighted by atomic mass is 35.5. The van der Waals surface area contributed by atoms with Gasteiger partial charge in [0, 0.05) is 18.0 Å². The summed E-state index contributed by atoms with van der Waals surface area (Å²) in [6.07, 6.45) is 3.45. The molecular formula is C22H26ClNO4. The van der Waals surface area contributed by atoms with Crippen LogP contribution in [-0.4, -0.2) is 32.9 Å². The predicted octanol–water partition coefficient (Wildman–Crippen LogP) is 5.06. The number of benzene rings is 2. The molecular weight excluding hydrogens is 378 g/mol. The zero-order chi connectivity index (χ0) is 19.2. The maximum atomic E-state index is 5.74. The molecule has 1 aromatic heterocycles. The Morgan fingerprint density at radius 1 is 0.821 bits per heavy atom. The summed E-state index contributed by atoms with van der Waals surface area (Å²) in [6.45, 7) is 2.75. The summed E-state index contributed by atoms with van der Waals surface area (Å²) in [5.41, 5.74) is 2.07. The molecule has 0 amide bonds. The second-order valence-electron chi connectivity index (χ2n) is 6.20. The summed E-state index contributed by atoms with van der Waals surface area (Å²) in [4.78, 5) is 4.59. The number of pyridine rings is 1. The number of hydrogen-bond acceptors (Lipinski definition) is 5. The second-order valence-corrected chi connectivity index (χ2v) is 6.20. The summed E-state index contributed by atoms with van der Waals surface area (Å²) >= 11 is 0. The van der Waals surface area contributed by atoms with Gasteiger partial charge in [-0.2, -0.15) is 0 Å². The molecule has 0 saturated heterocycles. The first-order valence-corrected chi connectivity index (χ1v) is 8.99. The summed E-state index contributed by atoms with van der Waals surface area (Å²) in [5.74, 6) is 2.90. The van der Waals surface area contributed by atoms with Crippen LogP contribution in [0.1, 0.15) is 24.6 Å². The molecule has 0 fully saturated rings. The van der Waals surface area contributed by atoms with Crippen molar-refractivity contribution in [1.29, 1.82) is 0 Å². The van der Waals surface area contributed by atoms with Gasteiger partial charge in [0.2, 0.25) is 0 Å². The lowest BCUT2D eigenvalue weighted by molar-refractivity contribution is 0.294. The topological polar surface area (TPSA) is 49.8 Å². The molecule has 5 nitrogen and oxygen atoms in total. The molecule has 2 aromatic carbocycles. The monoisotopic (exact) mass is 403 g/mol. The molecule has 0 atom stereocenters. The highest BCUT2D eigenvalue weighted by Gasteiger charge is 2.12. The molecule has 1 heterocycles. The van der Waals surface area contributed by atoms with Gasteiger partial charge >= 0.3 is 0 Å². The Bertz CT molecular complexity index is 930. The van der Waals surface area contributed by atoms with Gasteiger partial charge in [-0.3, -0.25) is 4.98 Å². The van der Waals surface area contributed by atoms with E-state index in [9.17, 15) is 0 Å². The maximum absolute atomic E-state index is 5.74. The fraction of sp³-hybridized carbons (Fsp3) is 0.318. The zero-order valence-corrected chi connectivity index (χ0v) is 17.5. The Hall–Kier alpha value is -2.66. The summed E-state index contributed by atoms with van der Waals surface area (Å²) in [5, 5.41) is 2.10. The summed E-state index contributed by atoms with van der Waals surface area (Å²) < 4.78 is 22.1. The molecule has 150 valence electrons. The van der Waals surface area contributed by atoms with Crippen molar-refractivity contribution in [1.82, 2.24) is 4.98 Å². The van der Waals surface area contributed by atoms with Crippen LogP contribution in [-0.2, 0) is 6.42 Å². The molecule has 0 N–H and O–H groups in total. The average molecular weight is 404 g/mol. The molecule has 0 aliphatic rings. The van der Waals surface area contributed by atoms with E-state index in [0.717, 1.165) is 39.9 Å². The van der Waals surface area contributed by atoms with Gasteiger partial charge < -0.3 is 18.9 Å². The van der Waals surface area contributed by atoms with Crippen molar-refractivity contribution in [2.24, 2.45) is 0 Å². The standard InChI is InChI=1S/C22H25NO4.ClH/c1-5-10-27-19-7-6-15(12-20(19)24-2)11-18-17-14-22(26-4)21(25-3)13-16(17)8-9-23-18;/h6-9,12-14H,5,10-11H2,1-4H3;1H. The first-order chi connectivity index (χ1) is 13.2. The zero-order valence-electron chi connectivity index (χ0n) is 16.7. The van der Waals surface area contributed by atoms with E-state index in [0.29, 0.717) is 24.5 Å². The van der Waals surface area contributed by atoms with E-state index in [2.05, 4.69) is 18.0 Å². The number of nitrogens with zero attached hydrogens (tertiary/aromatic N) is 1. The lowest BCUT2D eigenvalue weighted by Crippen LogP contribution is -2.00.